The Kier molecular flexibility index (Phi) is 4.85. The lowest BCUT2D eigenvalue weighted by Crippen LogP contribution is -2.56. The van der Waals surface area contributed by atoms with Gasteiger partial charge in [0, 0.05) is 37.8 Å². The van der Waals surface area contributed by atoms with Crippen molar-refractivity contribution in [3.05, 3.63) is 24.5 Å². The quantitative estimate of drug-likeness (QED) is 0.776. The molecule has 28 heavy (non-hydrogen) atoms. The molecule has 2 saturated heterocycles. The van der Waals surface area contributed by atoms with Gasteiger partial charge in [-0.1, -0.05) is 6.92 Å². The minimum absolute atomic E-state index is 0.0329. The van der Waals surface area contributed by atoms with Crippen LogP contribution in [0.1, 0.15) is 39.5 Å². The van der Waals surface area contributed by atoms with E-state index in [4.69, 9.17) is 0 Å². The number of hydrogen-bond acceptors (Lipinski definition) is 5. The molecular formula is C21H28N4O3. The summed E-state index contributed by atoms with van der Waals surface area (Å²) in [5.41, 5.74) is 0.261. The first kappa shape index (κ1) is 18.9. The summed E-state index contributed by atoms with van der Waals surface area (Å²) in [6, 6.07) is 4.16. The van der Waals surface area contributed by atoms with Gasteiger partial charge in [-0.05, 0) is 44.2 Å². The number of nitrogens with one attached hydrogen (secondary N) is 1. The third kappa shape index (κ3) is 3.38. The van der Waals surface area contributed by atoms with Gasteiger partial charge in [-0.3, -0.25) is 19.4 Å². The Morgan fingerprint density at radius 2 is 2.14 bits per heavy atom. The Bertz CT molecular complexity index is 779. The number of carbonyl (C=O) groups excluding carboxylic acids is 3. The molecule has 1 aromatic rings. The van der Waals surface area contributed by atoms with Crippen LogP contribution in [0.15, 0.2) is 24.5 Å². The Morgan fingerprint density at radius 3 is 2.71 bits per heavy atom. The summed E-state index contributed by atoms with van der Waals surface area (Å²) in [5, 5.41) is 2.93. The lowest BCUT2D eigenvalue weighted by Gasteiger charge is -2.42. The van der Waals surface area contributed by atoms with E-state index in [1.807, 2.05) is 30.2 Å². The zero-order valence-electron chi connectivity index (χ0n) is 16.6. The second kappa shape index (κ2) is 7.18. The highest BCUT2D eigenvalue weighted by Crippen LogP contribution is 2.46. The van der Waals surface area contributed by atoms with Crippen molar-refractivity contribution in [3.8, 4) is 0 Å². The molecule has 2 unspecified atom stereocenters. The largest absolute Gasteiger partial charge is 0.364 e. The second-order valence-electron chi connectivity index (χ2n) is 8.54. The van der Waals surface area contributed by atoms with E-state index in [0.29, 0.717) is 19.5 Å². The number of anilines is 1. The maximum atomic E-state index is 13.1. The van der Waals surface area contributed by atoms with Crippen molar-refractivity contribution in [2.45, 2.75) is 51.1 Å². The monoisotopic (exact) mass is 384 g/mol. The van der Waals surface area contributed by atoms with Gasteiger partial charge < -0.3 is 15.1 Å². The van der Waals surface area contributed by atoms with Crippen LogP contribution in [-0.2, 0) is 14.4 Å². The maximum absolute atomic E-state index is 13.1. The number of aromatic nitrogens is 1. The van der Waals surface area contributed by atoms with Crippen molar-refractivity contribution in [1.82, 2.24) is 15.2 Å². The van der Waals surface area contributed by atoms with Crippen molar-refractivity contribution in [2.24, 2.45) is 11.8 Å². The molecule has 0 bridgehead atoms. The van der Waals surface area contributed by atoms with Gasteiger partial charge in [0.1, 0.15) is 5.54 Å². The first-order valence-electron chi connectivity index (χ1n) is 10.2. The van der Waals surface area contributed by atoms with Crippen LogP contribution in [0.3, 0.4) is 0 Å². The number of nitrogens with zero attached hydrogens (tertiary/aromatic N) is 3. The van der Waals surface area contributed by atoms with E-state index in [1.54, 1.807) is 6.20 Å². The summed E-state index contributed by atoms with van der Waals surface area (Å²) in [6.45, 7) is 6.06. The summed E-state index contributed by atoms with van der Waals surface area (Å²) in [4.78, 5) is 45.9. The fourth-order valence-corrected chi connectivity index (χ4v) is 4.85. The fourth-order valence-electron chi connectivity index (χ4n) is 4.85. The van der Waals surface area contributed by atoms with Crippen LogP contribution >= 0.6 is 0 Å². The average Bonchev–Trinajstić information content (AvgIpc) is 3.49. The number of piperazine rings is 1. The van der Waals surface area contributed by atoms with Crippen LogP contribution in [0.25, 0.3) is 0 Å². The van der Waals surface area contributed by atoms with E-state index >= 15 is 0 Å². The highest BCUT2D eigenvalue weighted by Gasteiger charge is 2.56. The van der Waals surface area contributed by atoms with Crippen molar-refractivity contribution >= 4 is 23.3 Å². The molecule has 2 aliphatic heterocycles. The van der Waals surface area contributed by atoms with Crippen LogP contribution in [0, 0.1) is 11.8 Å². The molecule has 3 fully saturated rings. The number of carbonyl (C=O) groups is 3. The van der Waals surface area contributed by atoms with Crippen molar-refractivity contribution < 1.29 is 14.4 Å². The molecule has 3 aliphatic rings. The molecule has 7 nitrogen and oxygen atoms in total. The number of rotatable bonds is 5. The highest BCUT2D eigenvalue weighted by molar-refractivity contribution is 6.10. The van der Waals surface area contributed by atoms with Crippen LogP contribution < -0.4 is 10.2 Å². The van der Waals surface area contributed by atoms with Crippen LogP contribution in [0.4, 0.5) is 5.69 Å². The molecule has 0 spiro atoms. The van der Waals surface area contributed by atoms with E-state index in [0.717, 1.165) is 25.1 Å². The number of pyridine rings is 1. The molecular weight excluding hydrogens is 356 g/mol. The van der Waals surface area contributed by atoms with E-state index in [9.17, 15) is 14.4 Å². The third-order valence-electron chi connectivity index (χ3n) is 6.42. The van der Waals surface area contributed by atoms with E-state index in [2.05, 4.69) is 22.1 Å². The van der Waals surface area contributed by atoms with E-state index < -0.39 is 5.54 Å². The predicted molar refractivity (Wildman–Crippen MR) is 105 cm³/mol. The number of amides is 2. The van der Waals surface area contributed by atoms with E-state index in [-0.39, 0.29) is 41.9 Å². The lowest BCUT2D eigenvalue weighted by atomic mass is 9.81. The SMILES string of the molecule is CC(CC1(C2CC2)NC(=O)CC1=O)C(=O)N1CCN(c2cccnc2)[C@@H](C)C1. The smallest absolute Gasteiger partial charge is 0.228 e. The molecule has 4 rings (SSSR count). The first-order chi connectivity index (χ1) is 13.4. The van der Waals surface area contributed by atoms with Gasteiger partial charge >= 0.3 is 0 Å². The van der Waals surface area contributed by atoms with Gasteiger partial charge in [-0.2, -0.15) is 0 Å². The molecule has 7 heteroatoms. The average molecular weight is 384 g/mol. The normalized spacial score (nSPS) is 29.0. The minimum Gasteiger partial charge on any atom is -0.364 e. The molecule has 0 radical (unpaired) electrons. The van der Waals surface area contributed by atoms with Gasteiger partial charge in [0.25, 0.3) is 0 Å². The van der Waals surface area contributed by atoms with Crippen LogP contribution in [-0.4, -0.2) is 58.7 Å². The molecule has 3 heterocycles. The van der Waals surface area contributed by atoms with Crippen LogP contribution in [0.5, 0.6) is 0 Å². The zero-order valence-corrected chi connectivity index (χ0v) is 16.6. The molecule has 2 amide bonds. The summed E-state index contributed by atoms with van der Waals surface area (Å²) >= 11 is 0. The van der Waals surface area contributed by atoms with Gasteiger partial charge in [0.2, 0.25) is 11.8 Å². The Balaban J connectivity index is 1.41. The molecule has 1 aliphatic carbocycles. The number of ketones is 1. The van der Waals surface area contributed by atoms with Gasteiger partial charge in [0.15, 0.2) is 5.78 Å². The molecule has 1 saturated carbocycles. The van der Waals surface area contributed by atoms with Gasteiger partial charge in [0.05, 0.1) is 18.3 Å². The van der Waals surface area contributed by atoms with Gasteiger partial charge in [-0.15, -0.1) is 0 Å². The Labute approximate surface area is 165 Å². The summed E-state index contributed by atoms with van der Waals surface area (Å²) < 4.78 is 0. The van der Waals surface area contributed by atoms with Crippen molar-refractivity contribution in [2.75, 3.05) is 24.5 Å². The summed E-state index contributed by atoms with van der Waals surface area (Å²) in [5.74, 6) is -0.250. The molecule has 1 aromatic heterocycles. The van der Waals surface area contributed by atoms with Gasteiger partial charge in [-0.25, -0.2) is 0 Å². The molecule has 150 valence electrons. The summed E-state index contributed by atoms with van der Waals surface area (Å²) in [7, 11) is 0. The Morgan fingerprint density at radius 1 is 1.36 bits per heavy atom. The standard InChI is InChI=1S/C21H28N4O3/c1-14(11-21(16-5-6-16)18(26)10-19(27)23-21)20(28)24-8-9-25(15(2)13-24)17-4-3-7-22-12-17/h3-4,7,12,14-16H,5-6,8-11,13H2,1-2H3,(H,23,27)/t14?,15-,21?/m0/s1. The van der Waals surface area contributed by atoms with Crippen molar-refractivity contribution in [1.29, 1.82) is 0 Å². The predicted octanol–water partition coefficient (Wildman–Crippen LogP) is 1.38. The number of Topliss-reactive ketones (excluding diaryl/α,β-unsaturated/α-hetero) is 1. The lowest BCUT2D eigenvalue weighted by molar-refractivity contribution is -0.137. The van der Waals surface area contributed by atoms with Crippen molar-refractivity contribution in [3.63, 3.8) is 0 Å². The maximum Gasteiger partial charge on any atom is 0.228 e. The number of hydrogen-bond donors (Lipinski definition) is 1. The Hall–Kier alpha value is -2.44. The first-order valence-corrected chi connectivity index (χ1v) is 10.2. The fraction of sp³-hybridized carbons (Fsp3) is 0.619. The topological polar surface area (TPSA) is 82.6 Å². The van der Waals surface area contributed by atoms with E-state index in [1.165, 1.54) is 0 Å². The molecule has 3 atom stereocenters. The minimum atomic E-state index is -0.810. The second-order valence-corrected chi connectivity index (χ2v) is 8.54. The summed E-state index contributed by atoms with van der Waals surface area (Å²) in [6.07, 6.45) is 5.89. The third-order valence-corrected chi connectivity index (χ3v) is 6.42. The van der Waals surface area contributed by atoms with Crippen LogP contribution in [0.2, 0.25) is 0 Å². The molecule has 1 N–H and O–H groups in total. The zero-order chi connectivity index (χ0) is 19.9. The highest BCUT2D eigenvalue weighted by atomic mass is 16.2. The molecule has 0 aromatic carbocycles.